The van der Waals surface area contributed by atoms with E-state index in [-0.39, 0.29) is 28.5 Å². The Balaban J connectivity index is 1.64. The lowest BCUT2D eigenvalue weighted by Gasteiger charge is -2.36. The molecule has 1 saturated heterocycles. The third-order valence-corrected chi connectivity index (χ3v) is 6.71. The van der Waals surface area contributed by atoms with Gasteiger partial charge in [0.05, 0.1) is 16.7 Å². The minimum Gasteiger partial charge on any atom is -0.368 e. The van der Waals surface area contributed by atoms with Crippen molar-refractivity contribution in [3.8, 4) is 0 Å². The quantitative estimate of drug-likeness (QED) is 0.409. The van der Waals surface area contributed by atoms with Gasteiger partial charge in [0.2, 0.25) is 5.91 Å². The number of halogens is 4. The standard InChI is InChI=1S/C25H20ClF3N4O3/c26-12-20(34)33-9-7-32(8-10-33)14-5-6-18(25(27,28)29)16(11-14)21-22(24(36)31-23(21)35)17-13-30-19-4-2-1-3-15(17)19/h1-6,11,13,30H,7-10,12H2,(H,31,35,36). The van der Waals surface area contributed by atoms with Gasteiger partial charge in [-0.15, -0.1) is 11.6 Å². The van der Waals surface area contributed by atoms with E-state index in [4.69, 9.17) is 11.6 Å². The van der Waals surface area contributed by atoms with Crippen molar-refractivity contribution >= 4 is 57.1 Å². The summed E-state index contributed by atoms with van der Waals surface area (Å²) in [6.45, 7) is 1.49. The number of carbonyl (C=O) groups excluding carboxylic acids is 3. The third-order valence-electron chi connectivity index (χ3n) is 6.48. The van der Waals surface area contributed by atoms with E-state index in [1.54, 1.807) is 29.2 Å². The lowest BCUT2D eigenvalue weighted by molar-refractivity contribution is -0.137. The van der Waals surface area contributed by atoms with Gasteiger partial charge >= 0.3 is 6.18 Å². The minimum atomic E-state index is -4.76. The molecule has 3 heterocycles. The van der Waals surface area contributed by atoms with E-state index in [9.17, 15) is 27.6 Å². The fraction of sp³-hybridized carbons (Fsp3) is 0.240. The molecule has 36 heavy (non-hydrogen) atoms. The molecule has 1 fully saturated rings. The highest BCUT2D eigenvalue weighted by Gasteiger charge is 2.40. The number of nitrogens with zero attached hydrogens (tertiary/aromatic N) is 2. The van der Waals surface area contributed by atoms with Crippen molar-refractivity contribution in [2.45, 2.75) is 6.18 Å². The monoisotopic (exact) mass is 516 g/mol. The first-order chi connectivity index (χ1) is 17.2. The van der Waals surface area contributed by atoms with Gasteiger partial charge in [0.1, 0.15) is 5.88 Å². The van der Waals surface area contributed by atoms with Crippen molar-refractivity contribution in [3.63, 3.8) is 0 Å². The number of nitrogens with one attached hydrogen (secondary N) is 2. The van der Waals surface area contributed by atoms with Gasteiger partial charge in [-0.25, -0.2) is 0 Å². The number of H-pyrrole nitrogens is 1. The predicted molar refractivity (Wildman–Crippen MR) is 129 cm³/mol. The number of aromatic nitrogens is 1. The van der Waals surface area contributed by atoms with Crippen molar-refractivity contribution in [2.24, 2.45) is 0 Å². The molecule has 0 aliphatic carbocycles. The average Bonchev–Trinajstić information content (AvgIpc) is 3.42. The van der Waals surface area contributed by atoms with Crippen molar-refractivity contribution in [1.82, 2.24) is 15.2 Å². The van der Waals surface area contributed by atoms with Crippen LogP contribution in [0.5, 0.6) is 0 Å². The highest BCUT2D eigenvalue weighted by Crippen LogP contribution is 2.42. The van der Waals surface area contributed by atoms with E-state index in [1.807, 2.05) is 4.90 Å². The van der Waals surface area contributed by atoms with E-state index in [0.717, 1.165) is 6.07 Å². The lowest BCUT2D eigenvalue weighted by atomic mass is 9.92. The molecule has 11 heteroatoms. The molecule has 1 aromatic heterocycles. The van der Waals surface area contributed by atoms with E-state index < -0.39 is 23.6 Å². The van der Waals surface area contributed by atoms with Crippen LogP contribution in [-0.2, 0) is 20.6 Å². The molecule has 2 aromatic carbocycles. The Morgan fingerprint density at radius 3 is 2.28 bits per heavy atom. The van der Waals surface area contributed by atoms with Crippen molar-refractivity contribution in [1.29, 1.82) is 0 Å². The van der Waals surface area contributed by atoms with Crippen LogP contribution in [0.4, 0.5) is 18.9 Å². The zero-order valence-electron chi connectivity index (χ0n) is 18.8. The number of benzene rings is 2. The fourth-order valence-electron chi connectivity index (χ4n) is 4.73. The number of carbonyl (C=O) groups is 3. The summed E-state index contributed by atoms with van der Waals surface area (Å²) < 4.78 is 42.3. The Morgan fingerprint density at radius 1 is 0.944 bits per heavy atom. The highest BCUT2D eigenvalue weighted by atomic mass is 35.5. The molecule has 0 atom stereocenters. The Morgan fingerprint density at radius 2 is 1.61 bits per heavy atom. The smallest absolute Gasteiger partial charge is 0.368 e. The molecule has 2 aliphatic rings. The molecular weight excluding hydrogens is 497 g/mol. The van der Waals surface area contributed by atoms with Crippen LogP contribution < -0.4 is 10.2 Å². The van der Waals surface area contributed by atoms with Gasteiger partial charge in [-0.2, -0.15) is 13.2 Å². The minimum absolute atomic E-state index is 0.113. The summed E-state index contributed by atoms with van der Waals surface area (Å²) in [7, 11) is 0. The van der Waals surface area contributed by atoms with Crippen LogP contribution in [-0.4, -0.2) is 59.7 Å². The zero-order chi connectivity index (χ0) is 25.6. The van der Waals surface area contributed by atoms with Gasteiger partial charge < -0.3 is 14.8 Å². The zero-order valence-corrected chi connectivity index (χ0v) is 19.5. The number of hydrogen-bond donors (Lipinski definition) is 2. The number of imide groups is 1. The number of para-hydroxylation sites is 1. The Labute approximate surface area is 208 Å². The van der Waals surface area contributed by atoms with Crippen LogP contribution in [0.25, 0.3) is 22.0 Å². The first-order valence-electron chi connectivity index (χ1n) is 11.2. The summed E-state index contributed by atoms with van der Waals surface area (Å²) >= 11 is 5.63. The number of fused-ring (bicyclic) bond motifs is 1. The molecular formula is C25H20ClF3N4O3. The summed E-state index contributed by atoms with van der Waals surface area (Å²) in [4.78, 5) is 44.0. The summed E-state index contributed by atoms with van der Waals surface area (Å²) in [5.74, 6) is -2.00. The second kappa shape index (κ2) is 9.02. The van der Waals surface area contributed by atoms with Crippen LogP contribution >= 0.6 is 11.6 Å². The van der Waals surface area contributed by atoms with Crippen LogP contribution in [0.1, 0.15) is 16.7 Å². The van der Waals surface area contributed by atoms with E-state index in [0.29, 0.717) is 48.3 Å². The second-order valence-electron chi connectivity index (χ2n) is 8.51. The molecule has 5 rings (SSSR count). The molecule has 0 bridgehead atoms. The Hall–Kier alpha value is -3.79. The van der Waals surface area contributed by atoms with Gasteiger partial charge in [0.25, 0.3) is 11.8 Å². The number of anilines is 1. The molecule has 0 unspecified atom stereocenters. The summed E-state index contributed by atoms with van der Waals surface area (Å²) in [5.41, 5.74) is -0.347. The highest BCUT2D eigenvalue weighted by molar-refractivity contribution is 6.50. The van der Waals surface area contributed by atoms with Gasteiger partial charge in [-0.05, 0) is 24.3 Å². The first-order valence-corrected chi connectivity index (χ1v) is 11.7. The molecule has 0 saturated carbocycles. The van der Waals surface area contributed by atoms with Gasteiger partial charge in [0, 0.05) is 60.1 Å². The van der Waals surface area contributed by atoms with Gasteiger partial charge in [-0.1, -0.05) is 18.2 Å². The normalized spacial score (nSPS) is 16.8. The topological polar surface area (TPSA) is 85.5 Å². The SMILES string of the molecule is O=C1NC(=O)C(c2c[nH]c3ccccc23)=C1c1cc(N2CCN(C(=O)CCl)CC2)ccc1C(F)(F)F. The Kier molecular flexibility index (Phi) is 5.99. The van der Waals surface area contributed by atoms with Crippen LogP contribution in [0, 0.1) is 0 Å². The maximum absolute atomic E-state index is 14.1. The predicted octanol–water partition coefficient (Wildman–Crippen LogP) is 3.64. The number of rotatable bonds is 4. The number of aromatic amines is 1. The number of piperazine rings is 1. The molecule has 2 N–H and O–H groups in total. The van der Waals surface area contributed by atoms with Crippen molar-refractivity contribution in [3.05, 3.63) is 65.4 Å². The molecule has 3 aromatic rings. The molecule has 2 aliphatic heterocycles. The molecule has 0 radical (unpaired) electrons. The number of alkyl halides is 4. The summed E-state index contributed by atoms with van der Waals surface area (Å²) in [5, 5.41) is 2.78. The summed E-state index contributed by atoms with van der Waals surface area (Å²) in [6.07, 6.45) is -3.24. The van der Waals surface area contributed by atoms with Gasteiger partial charge in [-0.3, -0.25) is 19.7 Å². The lowest BCUT2D eigenvalue weighted by Crippen LogP contribution is -2.49. The van der Waals surface area contributed by atoms with Crippen LogP contribution in [0.15, 0.2) is 48.7 Å². The van der Waals surface area contributed by atoms with Gasteiger partial charge in [0.15, 0.2) is 0 Å². The molecule has 0 spiro atoms. The summed E-state index contributed by atoms with van der Waals surface area (Å²) in [6, 6.07) is 10.6. The second-order valence-corrected chi connectivity index (χ2v) is 8.78. The molecule has 7 nitrogen and oxygen atoms in total. The van der Waals surface area contributed by atoms with Crippen LogP contribution in [0.2, 0.25) is 0 Å². The maximum atomic E-state index is 14.1. The Bertz CT molecular complexity index is 1420. The maximum Gasteiger partial charge on any atom is 0.417 e. The first kappa shape index (κ1) is 23.9. The van der Waals surface area contributed by atoms with E-state index >= 15 is 0 Å². The number of amides is 3. The molecule has 186 valence electrons. The van der Waals surface area contributed by atoms with Crippen LogP contribution in [0.3, 0.4) is 0 Å². The van der Waals surface area contributed by atoms with Crippen molar-refractivity contribution in [2.75, 3.05) is 37.0 Å². The average molecular weight is 517 g/mol. The largest absolute Gasteiger partial charge is 0.417 e. The van der Waals surface area contributed by atoms with E-state index in [2.05, 4.69) is 10.3 Å². The van der Waals surface area contributed by atoms with Crippen molar-refractivity contribution < 1.29 is 27.6 Å². The fourth-order valence-corrected chi connectivity index (χ4v) is 4.90. The third kappa shape index (κ3) is 4.11. The van der Waals surface area contributed by atoms with E-state index in [1.165, 1.54) is 18.3 Å². The molecule has 3 amide bonds. The number of hydrogen-bond acceptors (Lipinski definition) is 4.